The zero-order valence-electron chi connectivity index (χ0n) is 54.7. The van der Waals surface area contributed by atoms with Gasteiger partial charge in [-0.1, -0.05) is 6.64 Å². The van der Waals surface area contributed by atoms with E-state index in [1.165, 1.54) is 29.3 Å². The van der Waals surface area contributed by atoms with Gasteiger partial charge in [0.1, 0.15) is 34.4 Å². The molecule has 2 amide bonds. The highest BCUT2D eigenvalue weighted by Crippen LogP contribution is 2.38. The number of carboxylic acids is 1. The van der Waals surface area contributed by atoms with Crippen molar-refractivity contribution in [2.45, 2.75) is 95.2 Å². The molecule has 0 spiro atoms. The number of amides is 2. The van der Waals surface area contributed by atoms with Crippen LogP contribution in [0, 0.1) is 17.8 Å². The van der Waals surface area contributed by atoms with Crippen LogP contribution >= 0.6 is 9.24 Å². The van der Waals surface area contributed by atoms with Crippen LogP contribution in [0.5, 0.6) is 0 Å². The number of carbonyl (C=O) groups is 4. The molecule has 6 aliphatic rings. The van der Waals surface area contributed by atoms with E-state index in [4.69, 9.17) is 41.7 Å². The first-order chi connectivity index (χ1) is 47.4. The summed E-state index contributed by atoms with van der Waals surface area (Å²) in [7, 11) is 2.25. The Bertz CT molecular complexity index is 4000. The molecule has 3 aliphatic carbocycles. The van der Waals surface area contributed by atoms with Gasteiger partial charge in [0.05, 0.1) is 101 Å². The highest BCUT2D eigenvalue weighted by molar-refractivity contribution is 7.15. The van der Waals surface area contributed by atoms with Gasteiger partial charge in [0.15, 0.2) is 34.4 Å². The molecule has 9 aromatic heterocycles. The smallest absolute Gasteiger partial charge is 0.341 e. The van der Waals surface area contributed by atoms with Gasteiger partial charge in [0.25, 0.3) is 11.8 Å². The van der Waals surface area contributed by atoms with Crippen molar-refractivity contribution in [3.8, 4) is 0 Å². The lowest BCUT2D eigenvalue weighted by Gasteiger charge is -2.28. The Labute approximate surface area is 557 Å². The van der Waals surface area contributed by atoms with E-state index in [2.05, 4.69) is 64.8 Å². The molecule has 0 aromatic carbocycles. The first kappa shape index (κ1) is 67.0. The van der Waals surface area contributed by atoms with Gasteiger partial charge in [0.2, 0.25) is 0 Å². The molecule has 12 heterocycles. The number of aliphatic hydroxyl groups excluding tert-OH is 2. The standard InChI is InChI=1S/C21H27N7O3.C21H25N7O3.C14H24N4O2.C7H5N3O2.CH5P/c2*29-14-15-2-4-16(5-3-15)28-13-18(20(25-28)26-8-10-31-11-9-26)24-21(30)17-12-23-27-7-1-6-22-19(17)27;15-13-9-18(12-3-1-11(10-19)2-4-12)16-14(13)17-5-7-20-8-6-17;11-7(12)5-4-9-10-3-1-2-8-6(5)10;1-2/h1,6-7,12-13,15-16,29H,2-5,8-11,14H2,(H,24,30);1,6-7,12-16H,2-5,8-11H2,(H,24,30);9,11-12,19H,1-8,10,15H2;1-4H,(H,11,12);2H2,1H3/i;;;;1D. The summed E-state index contributed by atoms with van der Waals surface area (Å²) >= 11 is 0. The second-order valence-electron chi connectivity index (χ2n) is 24.3. The number of nitrogens with one attached hydrogen (secondary N) is 2. The summed E-state index contributed by atoms with van der Waals surface area (Å²) in [5, 5.41) is 60.1. The van der Waals surface area contributed by atoms with Crippen molar-refractivity contribution < 1.29 is 50.1 Å². The van der Waals surface area contributed by atoms with E-state index >= 15 is 0 Å². The number of ether oxygens (including phenoxy) is 3. The summed E-state index contributed by atoms with van der Waals surface area (Å²) in [6, 6.07) is 6.14. The zero-order valence-corrected chi connectivity index (χ0v) is 54.9. The average Bonchev–Trinajstić information content (AvgIpc) is 1.70. The number of aromatic carboxylic acids is 1. The SMILES string of the molecule is Nc1cn(C2CCC(CO)CC2)nc1N1CCOCC1.O=C(Nc1cn(C2CCC(CO)CC2)nc1N1CCOCC1)c1cnn2cccnc12.O=C(O)c1cnn2cccnc12.O=CC1CCC(n2cc(NC(=O)c3cnn4cccnc34)c(N3CCOCC3)n2)CC1.[2H]CP. The fraction of sp³-hybridized carbons (Fsp3) is 0.516. The van der Waals surface area contributed by atoms with Crippen LogP contribution in [0.4, 0.5) is 34.5 Å². The molecule has 3 saturated carbocycles. The molecule has 96 heavy (non-hydrogen) atoms. The molecule has 15 rings (SSSR count). The maximum Gasteiger partial charge on any atom is 0.341 e. The Balaban J connectivity index is 0.000000136. The number of hydrogen-bond acceptors (Lipinski definition) is 22. The quantitative estimate of drug-likeness (QED) is 0.0567. The molecular weight excluding hydrogens is 1250 g/mol. The van der Waals surface area contributed by atoms with Crippen molar-refractivity contribution in [2.75, 3.05) is 130 Å². The maximum absolute atomic E-state index is 13.1. The first-order valence-electron chi connectivity index (χ1n) is 33.5. The number of nitrogen functional groups attached to an aromatic ring is 1. The second-order valence-corrected chi connectivity index (χ2v) is 24.3. The van der Waals surface area contributed by atoms with Crippen molar-refractivity contribution in [3.05, 3.63) is 109 Å². The molecule has 1 unspecified atom stereocenters. The Morgan fingerprint density at radius 1 is 0.552 bits per heavy atom. The van der Waals surface area contributed by atoms with E-state index in [1.807, 2.05) is 32.6 Å². The molecule has 32 heteroatoms. The molecule has 1 atom stereocenters. The highest BCUT2D eigenvalue weighted by Gasteiger charge is 2.31. The minimum atomic E-state index is -1.01. The van der Waals surface area contributed by atoms with Crippen LogP contribution in [0.1, 0.15) is 128 Å². The highest BCUT2D eigenvalue weighted by atomic mass is 31.0. The third-order valence-electron chi connectivity index (χ3n) is 18.4. The largest absolute Gasteiger partial charge is 0.477 e. The number of aromatic nitrogens is 15. The second kappa shape index (κ2) is 33.1. The molecule has 6 fully saturated rings. The van der Waals surface area contributed by atoms with E-state index in [9.17, 15) is 29.4 Å². The van der Waals surface area contributed by atoms with E-state index in [0.29, 0.717) is 97.0 Å². The Hall–Kier alpha value is -9.00. The number of nitrogens with two attached hydrogens (primary N) is 1. The first-order valence-corrected chi connectivity index (χ1v) is 33.6. The third-order valence-corrected chi connectivity index (χ3v) is 18.4. The number of anilines is 6. The Morgan fingerprint density at radius 2 is 0.896 bits per heavy atom. The van der Waals surface area contributed by atoms with Gasteiger partial charge in [-0.2, -0.15) is 30.6 Å². The molecular formula is C64H86N21O10P. The number of carbonyl (C=O) groups excluding carboxylic acids is 3. The molecule has 31 nitrogen and oxygen atoms in total. The lowest BCUT2D eigenvalue weighted by molar-refractivity contribution is -0.112. The summed E-state index contributed by atoms with van der Waals surface area (Å²) in [6.07, 6.45) is 33.0. The van der Waals surface area contributed by atoms with Gasteiger partial charge in [-0.25, -0.2) is 33.3 Å². The van der Waals surface area contributed by atoms with Crippen LogP contribution in [0.15, 0.2) is 92.6 Å². The predicted molar refractivity (Wildman–Crippen MR) is 361 cm³/mol. The van der Waals surface area contributed by atoms with Gasteiger partial charge in [-0.3, -0.25) is 23.6 Å². The molecule has 0 radical (unpaired) electrons. The van der Waals surface area contributed by atoms with Crippen molar-refractivity contribution in [2.24, 2.45) is 17.8 Å². The fourth-order valence-electron chi connectivity index (χ4n) is 13.0. The zero-order chi connectivity index (χ0) is 67.6. The van der Waals surface area contributed by atoms with E-state index < -0.39 is 5.97 Å². The van der Waals surface area contributed by atoms with Crippen LogP contribution in [0.3, 0.4) is 0 Å². The molecule has 0 bridgehead atoms. The molecule has 3 saturated heterocycles. The van der Waals surface area contributed by atoms with Crippen LogP contribution in [0.25, 0.3) is 16.9 Å². The molecule has 9 aromatic rings. The van der Waals surface area contributed by atoms with Gasteiger partial charge in [-0.15, -0.1) is 9.24 Å². The van der Waals surface area contributed by atoms with Crippen LogP contribution in [0.2, 0.25) is 0 Å². The molecule has 512 valence electrons. The number of aldehydes is 1. The van der Waals surface area contributed by atoms with Crippen LogP contribution in [-0.4, -0.2) is 211 Å². The minimum absolute atomic E-state index is 0.121. The summed E-state index contributed by atoms with van der Waals surface area (Å²) in [6.45, 7) is 9.62. The van der Waals surface area contributed by atoms with Gasteiger partial charge >= 0.3 is 5.97 Å². The average molecular weight is 1340 g/mol. The van der Waals surface area contributed by atoms with Crippen molar-refractivity contribution >= 4 is 84.8 Å². The predicted octanol–water partition coefficient (Wildman–Crippen LogP) is 5.63. The Kier molecular flexibility index (Phi) is 23.1. The van der Waals surface area contributed by atoms with Crippen LogP contribution < -0.4 is 31.1 Å². The minimum Gasteiger partial charge on any atom is -0.477 e. The number of carboxylic acid groups (broad SMARTS) is 1. The monoisotopic (exact) mass is 1340 g/mol. The maximum atomic E-state index is 13.1. The van der Waals surface area contributed by atoms with Gasteiger partial charge in [-0.05, 0) is 107 Å². The topological polar surface area (TPSA) is 360 Å². The molecule has 7 N–H and O–H groups in total. The Morgan fingerprint density at radius 3 is 1.27 bits per heavy atom. The van der Waals surface area contributed by atoms with Crippen molar-refractivity contribution in [1.82, 2.24) is 73.1 Å². The molecule has 3 aliphatic heterocycles. The van der Waals surface area contributed by atoms with Crippen molar-refractivity contribution in [1.29, 1.82) is 0 Å². The fourth-order valence-corrected chi connectivity index (χ4v) is 13.0. The number of aliphatic hydroxyl groups is 2. The number of fused-ring (bicyclic) bond motifs is 3. The summed E-state index contributed by atoms with van der Waals surface area (Å²) in [5.41, 5.74) is 10.6. The van der Waals surface area contributed by atoms with E-state index in [1.54, 1.807) is 58.2 Å². The van der Waals surface area contributed by atoms with Gasteiger partial charge in [0, 0.05) is 97.0 Å². The third kappa shape index (κ3) is 16.4. The van der Waals surface area contributed by atoms with Gasteiger partial charge < -0.3 is 65.4 Å². The van der Waals surface area contributed by atoms with Crippen molar-refractivity contribution in [3.63, 3.8) is 0 Å². The summed E-state index contributed by atoms with van der Waals surface area (Å²) in [5.74, 6) is 1.88. The van der Waals surface area contributed by atoms with E-state index in [0.717, 1.165) is 159 Å². The number of hydrogen-bond donors (Lipinski definition) is 6. The number of rotatable bonds is 14. The van der Waals surface area contributed by atoms with E-state index in [-0.39, 0.29) is 42.0 Å². The number of nitrogens with zero attached hydrogens (tertiary/aromatic N) is 18. The summed E-state index contributed by atoms with van der Waals surface area (Å²) in [4.78, 5) is 66.8. The van der Waals surface area contributed by atoms with Crippen LogP contribution in [-0.2, 0) is 19.0 Å². The normalized spacial score (nSPS) is 21.4. The summed E-state index contributed by atoms with van der Waals surface area (Å²) < 4.78 is 33.1. The lowest BCUT2D eigenvalue weighted by atomic mass is 9.87. The lowest BCUT2D eigenvalue weighted by Crippen LogP contribution is -2.37. The number of morpholine rings is 3.